The molecule has 1 aliphatic heterocycles. The van der Waals surface area contributed by atoms with Gasteiger partial charge in [-0.25, -0.2) is 0 Å². The van der Waals surface area contributed by atoms with Gasteiger partial charge in [0.2, 0.25) is 5.91 Å². The first-order chi connectivity index (χ1) is 13.7. The predicted octanol–water partition coefficient (Wildman–Crippen LogP) is 3.55. The zero-order valence-electron chi connectivity index (χ0n) is 16.9. The van der Waals surface area contributed by atoms with Gasteiger partial charge in [0.15, 0.2) is 11.5 Å². The van der Waals surface area contributed by atoms with Crippen molar-refractivity contribution < 1.29 is 14.3 Å². The van der Waals surface area contributed by atoms with Crippen molar-refractivity contribution in [3.8, 4) is 11.5 Å². The number of amides is 1. The van der Waals surface area contributed by atoms with Gasteiger partial charge in [0.05, 0.1) is 14.2 Å². The number of ether oxygens (including phenoxy) is 2. The van der Waals surface area contributed by atoms with Crippen molar-refractivity contribution in [3.05, 3.63) is 59.2 Å². The molecular formula is C23H30N2O3. The molecule has 3 rings (SSSR count). The molecule has 0 unspecified atom stereocenters. The lowest BCUT2D eigenvalue weighted by atomic mass is 10.1. The first-order valence-corrected chi connectivity index (χ1v) is 9.95. The summed E-state index contributed by atoms with van der Waals surface area (Å²) in [5.74, 6) is 1.44. The van der Waals surface area contributed by atoms with Crippen molar-refractivity contribution in [3.63, 3.8) is 0 Å². The first kappa shape index (κ1) is 20.2. The molecule has 0 radical (unpaired) electrons. The van der Waals surface area contributed by atoms with Crippen molar-refractivity contribution in [2.24, 2.45) is 0 Å². The highest BCUT2D eigenvalue weighted by Gasteiger charge is 2.11. The van der Waals surface area contributed by atoms with E-state index in [9.17, 15) is 4.79 Å². The lowest BCUT2D eigenvalue weighted by Crippen LogP contribution is -2.23. The second kappa shape index (κ2) is 10.1. The first-order valence-electron chi connectivity index (χ1n) is 9.95. The highest BCUT2D eigenvalue weighted by molar-refractivity contribution is 5.76. The molecule has 0 saturated carbocycles. The Morgan fingerprint density at radius 2 is 1.57 bits per heavy atom. The van der Waals surface area contributed by atoms with Crippen LogP contribution in [-0.2, 0) is 24.3 Å². The summed E-state index contributed by atoms with van der Waals surface area (Å²) in [6.07, 6.45) is 3.74. The Balaban J connectivity index is 1.42. The van der Waals surface area contributed by atoms with Crippen LogP contribution in [0.25, 0.3) is 0 Å². The number of methoxy groups -OCH3 is 2. The van der Waals surface area contributed by atoms with Gasteiger partial charge in [0, 0.05) is 19.5 Å². The Morgan fingerprint density at radius 3 is 2.25 bits per heavy atom. The third kappa shape index (κ3) is 5.73. The van der Waals surface area contributed by atoms with E-state index in [0.717, 1.165) is 17.7 Å². The highest BCUT2D eigenvalue weighted by atomic mass is 16.5. The van der Waals surface area contributed by atoms with Gasteiger partial charge in [-0.3, -0.25) is 9.69 Å². The molecule has 5 heteroatoms. The number of carbonyl (C=O) groups excluding carboxylic acids is 1. The van der Waals surface area contributed by atoms with E-state index in [1.807, 2.05) is 18.2 Å². The highest BCUT2D eigenvalue weighted by Crippen LogP contribution is 2.27. The molecule has 28 heavy (non-hydrogen) atoms. The van der Waals surface area contributed by atoms with Crippen LogP contribution in [0.2, 0.25) is 0 Å². The number of carbonyl (C=O) groups is 1. The molecule has 2 aromatic rings. The van der Waals surface area contributed by atoms with E-state index in [2.05, 4.69) is 34.5 Å². The molecule has 0 aliphatic carbocycles. The average Bonchev–Trinajstić information content (AvgIpc) is 3.24. The summed E-state index contributed by atoms with van der Waals surface area (Å²) in [5, 5.41) is 3.01. The van der Waals surface area contributed by atoms with Crippen molar-refractivity contribution >= 4 is 5.91 Å². The number of rotatable bonds is 9. The monoisotopic (exact) mass is 382 g/mol. The summed E-state index contributed by atoms with van der Waals surface area (Å²) in [7, 11) is 3.23. The molecule has 150 valence electrons. The molecule has 0 aromatic heterocycles. The third-order valence-corrected chi connectivity index (χ3v) is 5.21. The maximum absolute atomic E-state index is 12.2. The van der Waals surface area contributed by atoms with Crippen LogP contribution in [0, 0.1) is 0 Å². The van der Waals surface area contributed by atoms with Crippen LogP contribution in [0.15, 0.2) is 42.5 Å². The summed E-state index contributed by atoms with van der Waals surface area (Å²) in [5.41, 5.74) is 3.52. The molecule has 5 nitrogen and oxygen atoms in total. The number of hydrogen-bond donors (Lipinski definition) is 1. The van der Waals surface area contributed by atoms with Crippen molar-refractivity contribution in [2.45, 2.75) is 38.8 Å². The molecule has 0 atom stereocenters. The maximum Gasteiger partial charge on any atom is 0.220 e. The van der Waals surface area contributed by atoms with Gasteiger partial charge < -0.3 is 14.8 Å². The molecule has 1 N–H and O–H groups in total. The third-order valence-electron chi connectivity index (χ3n) is 5.21. The van der Waals surface area contributed by atoms with E-state index in [4.69, 9.17) is 9.47 Å². The van der Waals surface area contributed by atoms with E-state index in [1.165, 1.54) is 31.5 Å². The van der Waals surface area contributed by atoms with Crippen LogP contribution in [0.1, 0.15) is 36.0 Å². The lowest BCUT2D eigenvalue weighted by molar-refractivity contribution is -0.121. The van der Waals surface area contributed by atoms with Crippen molar-refractivity contribution in [1.29, 1.82) is 0 Å². The smallest absolute Gasteiger partial charge is 0.220 e. The minimum Gasteiger partial charge on any atom is -0.493 e. The standard InChI is InChI=1S/C23H30N2O3/c1-27-21-11-9-18(15-22(21)28-2)10-12-23(26)24-16-19-5-7-20(8-6-19)17-25-13-3-4-14-25/h5-9,11,15H,3-4,10,12-14,16-17H2,1-2H3,(H,24,26). The van der Waals surface area contributed by atoms with Gasteiger partial charge in [0.25, 0.3) is 0 Å². The Hall–Kier alpha value is -2.53. The van der Waals surface area contributed by atoms with E-state index >= 15 is 0 Å². The summed E-state index contributed by atoms with van der Waals surface area (Å²) >= 11 is 0. The number of aryl methyl sites for hydroxylation is 1. The fourth-order valence-corrected chi connectivity index (χ4v) is 3.54. The zero-order valence-corrected chi connectivity index (χ0v) is 16.9. The molecule has 2 aromatic carbocycles. The fraction of sp³-hybridized carbons (Fsp3) is 0.435. The van der Waals surface area contributed by atoms with Crippen molar-refractivity contribution in [2.75, 3.05) is 27.3 Å². The Kier molecular flexibility index (Phi) is 7.31. The number of hydrogen-bond acceptors (Lipinski definition) is 4. The number of benzene rings is 2. The molecule has 1 aliphatic rings. The molecule has 0 spiro atoms. The van der Waals surface area contributed by atoms with Crippen LogP contribution in [0.3, 0.4) is 0 Å². The van der Waals surface area contributed by atoms with Crippen LogP contribution in [0.4, 0.5) is 0 Å². The quantitative estimate of drug-likeness (QED) is 0.721. The SMILES string of the molecule is COc1ccc(CCC(=O)NCc2ccc(CN3CCCC3)cc2)cc1OC. The molecule has 1 heterocycles. The van der Waals surface area contributed by atoms with Gasteiger partial charge in [-0.1, -0.05) is 30.3 Å². The predicted molar refractivity (Wildman–Crippen MR) is 111 cm³/mol. The van der Waals surface area contributed by atoms with E-state index in [-0.39, 0.29) is 5.91 Å². The topological polar surface area (TPSA) is 50.8 Å². The molecule has 1 saturated heterocycles. The summed E-state index contributed by atoms with van der Waals surface area (Å²) in [6.45, 7) is 4.00. The zero-order chi connectivity index (χ0) is 19.8. The van der Waals surface area contributed by atoms with E-state index in [0.29, 0.717) is 30.9 Å². The molecule has 1 fully saturated rings. The summed E-state index contributed by atoms with van der Waals surface area (Å²) in [4.78, 5) is 14.7. The number of nitrogens with zero attached hydrogens (tertiary/aromatic N) is 1. The van der Waals surface area contributed by atoms with Crippen molar-refractivity contribution in [1.82, 2.24) is 10.2 Å². The lowest BCUT2D eigenvalue weighted by Gasteiger charge is -2.14. The van der Waals surface area contributed by atoms with Gasteiger partial charge in [-0.2, -0.15) is 0 Å². The van der Waals surface area contributed by atoms with Crippen LogP contribution >= 0.6 is 0 Å². The van der Waals surface area contributed by atoms with Crippen LogP contribution < -0.4 is 14.8 Å². The number of nitrogens with one attached hydrogen (secondary N) is 1. The summed E-state index contributed by atoms with van der Waals surface area (Å²) < 4.78 is 10.6. The van der Waals surface area contributed by atoms with E-state index < -0.39 is 0 Å². The molecule has 0 bridgehead atoms. The number of likely N-dealkylation sites (tertiary alicyclic amines) is 1. The van der Waals surface area contributed by atoms with Crippen LogP contribution in [-0.4, -0.2) is 38.1 Å². The second-order valence-corrected chi connectivity index (χ2v) is 7.27. The Bertz CT molecular complexity index is 768. The minimum atomic E-state index is 0.0518. The van der Waals surface area contributed by atoms with Gasteiger partial charge in [-0.15, -0.1) is 0 Å². The van der Waals surface area contributed by atoms with Gasteiger partial charge >= 0.3 is 0 Å². The van der Waals surface area contributed by atoms with E-state index in [1.54, 1.807) is 14.2 Å². The second-order valence-electron chi connectivity index (χ2n) is 7.27. The normalized spacial score (nSPS) is 14.1. The maximum atomic E-state index is 12.2. The Labute approximate surface area is 167 Å². The van der Waals surface area contributed by atoms with Gasteiger partial charge in [0.1, 0.15) is 0 Å². The Morgan fingerprint density at radius 1 is 0.929 bits per heavy atom. The largest absolute Gasteiger partial charge is 0.493 e. The molecular weight excluding hydrogens is 352 g/mol. The molecule has 1 amide bonds. The average molecular weight is 383 g/mol. The van der Waals surface area contributed by atoms with Gasteiger partial charge in [-0.05, 0) is 61.2 Å². The van der Waals surface area contributed by atoms with Crippen LogP contribution in [0.5, 0.6) is 11.5 Å². The fourth-order valence-electron chi connectivity index (χ4n) is 3.54. The minimum absolute atomic E-state index is 0.0518. The summed E-state index contributed by atoms with van der Waals surface area (Å²) in [6, 6.07) is 14.3.